The molecule has 1 aliphatic rings. The van der Waals surface area contributed by atoms with Crippen LogP contribution in [0.25, 0.3) is 11.4 Å². The Labute approximate surface area is 154 Å². The normalized spacial score (nSPS) is 19.3. The zero-order valence-corrected chi connectivity index (χ0v) is 14.9. The molecule has 1 unspecified atom stereocenters. The molecular weight excluding hydrogens is 357 g/mol. The first-order valence-corrected chi connectivity index (χ1v) is 8.67. The van der Waals surface area contributed by atoms with Gasteiger partial charge in [-0.15, -0.1) is 0 Å². The number of nitrogens with zero attached hydrogens (tertiary/aromatic N) is 3. The Balaban J connectivity index is 1.55. The number of rotatable bonds is 7. The molecule has 1 fully saturated rings. The molecule has 1 aromatic carbocycles. The molecule has 2 heterocycles. The summed E-state index contributed by atoms with van der Waals surface area (Å²) < 4.78 is 24.6. The van der Waals surface area contributed by atoms with Crippen molar-refractivity contribution in [2.45, 2.75) is 31.9 Å². The molecule has 0 aliphatic carbocycles. The van der Waals surface area contributed by atoms with E-state index in [1.54, 1.807) is 12.1 Å². The Kier molecular flexibility index (Phi) is 5.38. The third-order valence-corrected chi connectivity index (χ3v) is 4.40. The van der Waals surface area contributed by atoms with Gasteiger partial charge in [-0.2, -0.15) is 4.98 Å². The van der Waals surface area contributed by atoms with Gasteiger partial charge in [0.15, 0.2) is 0 Å². The average Bonchev–Trinajstić information content (AvgIpc) is 3.28. The number of carboxylic acids is 1. The molecule has 1 amide bonds. The maximum atomic E-state index is 14.0. The molecule has 0 radical (unpaired) electrons. The highest BCUT2D eigenvalue weighted by atomic mass is 19.1. The quantitative estimate of drug-likeness (QED) is 0.787. The second-order valence-electron chi connectivity index (χ2n) is 6.30. The topological polar surface area (TPSA) is 106 Å². The second kappa shape index (κ2) is 7.73. The van der Waals surface area contributed by atoms with Crippen LogP contribution in [-0.4, -0.2) is 57.4 Å². The number of aromatic nitrogens is 2. The fourth-order valence-corrected chi connectivity index (χ4v) is 2.87. The van der Waals surface area contributed by atoms with E-state index in [0.717, 1.165) is 11.3 Å². The minimum absolute atomic E-state index is 0.0423. The smallest absolute Gasteiger partial charge is 0.343 e. The summed E-state index contributed by atoms with van der Waals surface area (Å²) in [6.07, 6.45) is 0.0445. The van der Waals surface area contributed by atoms with Crippen LogP contribution in [-0.2, 0) is 16.0 Å². The summed E-state index contributed by atoms with van der Waals surface area (Å²) in [5.41, 5.74) is -1.61. The Morgan fingerprint density at radius 2 is 2.11 bits per heavy atom. The lowest BCUT2D eigenvalue weighted by Gasteiger charge is -2.17. The number of halogens is 1. The molecule has 0 spiro atoms. The van der Waals surface area contributed by atoms with Crippen molar-refractivity contribution >= 4 is 11.9 Å². The summed E-state index contributed by atoms with van der Waals surface area (Å²) in [6, 6.07) is 7.22. The number of aliphatic carboxylic acids is 1. The zero-order chi connectivity index (χ0) is 19.4. The van der Waals surface area contributed by atoms with Crippen LogP contribution in [0.3, 0.4) is 0 Å². The lowest BCUT2D eigenvalue weighted by atomic mass is 10.1. The van der Waals surface area contributed by atoms with E-state index in [1.165, 1.54) is 4.90 Å². The standard InChI is InChI=1S/C18H20FN3O5/c1-2-26-13-5-3-12(4-6-13)16-20-14(27-21-16)7-8-15(23)22-10-9-18(19,11-22)17(24)25/h3-6H,2,7-11H2,1H3,(H,24,25). The van der Waals surface area contributed by atoms with Crippen molar-refractivity contribution in [2.75, 3.05) is 19.7 Å². The maximum absolute atomic E-state index is 14.0. The van der Waals surface area contributed by atoms with Gasteiger partial charge in [-0.05, 0) is 31.2 Å². The molecule has 8 nitrogen and oxygen atoms in total. The number of hydrogen-bond acceptors (Lipinski definition) is 6. The van der Waals surface area contributed by atoms with Crippen molar-refractivity contribution in [3.8, 4) is 17.1 Å². The highest BCUT2D eigenvalue weighted by molar-refractivity contribution is 5.82. The lowest BCUT2D eigenvalue weighted by Crippen LogP contribution is -2.38. The van der Waals surface area contributed by atoms with Gasteiger partial charge in [0.1, 0.15) is 5.75 Å². The monoisotopic (exact) mass is 377 g/mol. The number of amides is 1. The Morgan fingerprint density at radius 3 is 2.74 bits per heavy atom. The number of benzene rings is 1. The number of ether oxygens (including phenoxy) is 1. The second-order valence-corrected chi connectivity index (χ2v) is 6.30. The first-order chi connectivity index (χ1) is 12.9. The van der Waals surface area contributed by atoms with Gasteiger partial charge in [0.05, 0.1) is 13.2 Å². The van der Waals surface area contributed by atoms with Crippen LogP contribution in [0.4, 0.5) is 4.39 Å². The van der Waals surface area contributed by atoms with E-state index in [-0.39, 0.29) is 37.6 Å². The molecule has 3 rings (SSSR count). The van der Waals surface area contributed by atoms with Crippen LogP contribution in [0.2, 0.25) is 0 Å². The zero-order valence-electron chi connectivity index (χ0n) is 14.9. The molecule has 27 heavy (non-hydrogen) atoms. The molecule has 1 saturated heterocycles. The van der Waals surface area contributed by atoms with Gasteiger partial charge < -0.3 is 19.3 Å². The molecule has 1 aliphatic heterocycles. The summed E-state index contributed by atoms with van der Waals surface area (Å²) in [7, 11) is 0. The minimum atomic E-state index is -2.36. The van der Waals surface area contributed by atoms with Crippen molar-refractivity contribution < 1.29 is 28.3 Å². The molecule has 144 valence electrons. The van der Waals surface area contributed by atoms with Crippen molar-refractivity contribution in [2.24, 2.45) is 0 Å². The van der Waals surface area contributed by atoms with Gasteiger partial charge in [0, 0.05) is 31.4 Å². The highest BCUT2D eigenvalue weighted by Gasteiger charge is 2.46. The summed E-state index contributed by atoms with van der Waals surface area (Å²) in [5, 5.41) is 12.8. The molecule has 9 heteroatoms. The van der Waals surface area contributed by atoms with Crippen LogP contribution in [0, 0.1) is 0 Å². The third-order valence-electron chi connectivity index (χ3n) is 4.40. The molecule has 0 saturated carbocycles. The van der Waals surface area contributed by atoms with Gasteiger partial charge in [-0.3, -0.25) is 4.79 Å². The van der Waals surface area contributed by atoms with Crippen LogP contribution < -0.4 is 4.74 Å². The Bertz CT molecular complexity index is 823. The summed E-state index contributed by atoms with van der Waals surface area (Å²) in [4.78, 5) is 28.6. The van der Waals surface area contributed by atoms with Crippen LogP contribution >= 0.6 is 0 Å². The van der Waals surface area contributed by atoms with Gasteiger partial charge in [-0.25, -0.2) is 9.18 Å². The van der Waals surface area contributed by atoms with Crippen LogP contribution in [0.1, 0.15) is 25.7 Å². The summed E-state index contributed by atoms with van der Waals surface area (Å²) >= 11 is 0. The van der Waals surface area contributed by atoms with Crippen molar-refractivity contribution in [1.29, 1.82) is 0 Å². The van der Waals surface area contributed by atoms with Gasteiger partial charge in [0.25, 0.3) is 0 Å². The van der Waals surface area contributed by atoms with E-state index >= 15 is 0 Å². The molecule has 1 atom stereocenters. The SMILES string of the molecule is CCOc1ccc(-c2noc(CCC(=O)N3CCC(F)(C(=O)O)C3)n2)cc1. The Hall–Kier alpha value is -2.97. The van der Waals surface area contributed by atoms with E-state index in [4.69, 9.17) is 14.4 Å². The molecule has 1 aromatic heterocycles. The van der Waals surface area contributed by atoms with Gasteiger partial charge in [-0.1, -0.05) is 5.16 Å². The lowest BCUT2D eigenvalue weighted by molar-refractivity contribution is -0.150. The highest BCUT2D eigenvalue weighted by Crippen LogP contribution is 2.26. The average molecular weight is 377 g/mol. The number of alkyl halides is 1. The number of aryl methyl sites for hydroxylation is 1. The Morgan fingerprint density at radius 1 is 1.37 bits per heavy atom. The predicted molar refractivity (Wildman–Crippen MR) is 91.9 cm³/mol. The number of likely N-dealkylation sites (tertiary alicyclic amines) is 1. The van der Waals surface area contributed by atoms with Crippen molar-refractivity contribution in [3.05, 3.63) is 30.2 Å². The van der Waals surface area contributed by atoms with E-state index in [1.807, 2.05) is 19.1 Å². The fraction of sp³-hybridized carbons (Fsp3) is 0.444. The summed E-state index contributed by atoms with van der Waals surface area (Å²) in [6.45, 7) is 2.14. The van der Waals surface area contributed by atoms with E-state index in [2.05, 4.69) is 10.1 Å². The summed E-state index contributed by atoms with van der Waals surface area (Å²) in [5.74, 6) is -0.440. The van der Waals surface area contributed by atoms with Gasteiger partial charge >= 0.3 is 5.97 Å². The largest absolute Gasteiger partial charge is 0.494 e. The van der Waals surface area contributed by atoms with Crippen LogP contribution in [0.5, 0.6) is 5.75 Å². The first kappa shape index (κ1) is 18.8. The van der Waals surface area contributed by atoms with Crippen molar-refractivity contribution in [1.82, 2.24) is 15.0 Å². The van der Waals surface area contributed by atoms with E-state index < -0.39 is 18.2 Å². The van der Waals surface area contributed by atoms with Crippen LogP contribution in [0.15, 0.2) is 28.8 Å². The molecule has 0 bridgehead atoms. The fourth-order valence-electron chi connectivity index (χ4n) is 2.87. The van der Waals surface area contributed by atoms with E-state index in [0.29, 0.717) is 12.4 Å². The minimum Gasteiger partial charge on any atom is -0.494 e. The molecule has 2 aromatic rings. The molecular formula is C18H20FN3O5. The van der Waals surface area contributed by atoms with Crippen molar-refractivity contribution in [3.63, 3.8) is 0 Å². The van der Waals surface area contributed by atoms with Gasteiger partial charge in [0.2, 0.25) is 23.3 Å². The number of hydrogen-bond donors (Lipinski definition) is 1. The number of carbonyl (C=O) groups is 2. The number of carbonyl (C=O) groups excluding carboxylic acids is 1. The maximum Gasteiger partial charge on any atom is 0.343 e. The predicted octanol–water partition coefficient (Wildman–Crippen LogP) is 2.09. The first-order valence-electron chi connectivity index (χ1n) is 8.67. The van der Waals surface area contributed by atoms with E-state index in [9.17, 15) is 14.0 Å². The third kappa shape index (κ3) is 4.24. The number of carboxylic acid groups (broad SMARTS) is 1. The molecule has 1 N–H and O–H groups in total.